The van der Waals surface area contributed by atoms with E-state index in [1.54, 1.807) is 4.68 Å². The Labute approximate surface area is 217 Å². The number of rotatable bonds is 6. The number of para-hydroxylation sites is 1. The van der Waals surface area contributed by atoms with Gasteiger partial charge in [0.15, 0.2) is 0 Å². The molecule has 0 bridgehead atoms. The first-order valence-corrected chi connectivity index (χ1v) is 12.8. The lowest BCUT2D eigenvalue weighted by molar-refractivity contribution is -0.117. The van der Waals surface area contributed by atoms with Gasteiger partial charge in [-0.25, -0.2) is 4.68 Å². The van der Waals surface area contributed by atoms with Crippen molar-refractivity contribution in [2.75, 3.05) is 38.0 Å². The lowest BCUT2D eigenvalue weighted by atomic mass is 10.0. The number of anilines is 1. The molecule has 0 unspecified atom stereocenters. The first-order chi connectivity index (χ1) is 17.9. The van der Waals surface area contributed by atoms with Gasteiger partial charge in [0, 0.05) is 42.8 Å². The second-order valence-electron chi connectivity index (χ2n) is 9.92. The van der Waals surface area contributed by atoms with Gasteiger partial charge >= 0.3 is 0 Å². The zero-order valence-electron chi connectivity index (χ0n) is 21.7. The molecule has 1 fully saturated rings. The lowest BCUT2D eigenvalue weighted by Crippen LogP contribution is -2.49. The summed E-state index contributed by atoms with van der Waals surface area (Å²) >= 11 is 0. The summed E-state index contributed by atoms with van der Waals surface area (Å²) in [5.41, 5.74) is 5.95. The number of carbonyl (C=O) groups is 1. The molecule has 0 spiro atoms. The molecule has 2 heterocycles. The molecule has 0 aliphatic carbocycles. The molecule has 1 aliphatic rings. The summed E-state index contributed by atoms with van der Waals surface area (Å²) in [6.45, 7) is 9.89. The highest BCUT2D eigenvalue weighted by molar-refractivity contribution is 5.94. The largest absolute Gasteiger partial charge is 0.324 e. The third kappa shape index (κ3) is 5.48. The van der Waals surface area contributed by atoms with Gasteiger partial charge in [0.2, 0.25) is 5.91 Å². The van der Waals surface area contributed by atoms with Crippen molar-refractivity contribution in [3.8, 4) is 11.3 Å². The Balaban J connectivity index is 1.27. The summed E-state index contributed by atoms with van der Waals surface area (Å²) in [5, 5.41) is 9.43. The van der Waals surface area contributed by atoms with Crippen molar-refractivity contribution >= 4 is 22.4 Å². The van der Waals surface area contributed by atoms with Crippen LogP contribution in [0.3, 0.4) is 0 Å². The number of benzene rings is 3. The Kier molecular flexibility index (Phi) is 7.17. The number of nitrogens with zero attached hydrogens (tertiary/aromatic N) is 4. The molecular weight excluding hydrogens is 462 g/mol. The topological polar surface area (TPSA) is 70.5 Å². The highest BCUT2D eigenvalue weighted by atomic mass is 16.2. The van der Waals surface area contributed by atoms with Crippen LogP contribution in [0.5, 0.6) is 0 Å². The lowest BCUT2D eigenvalue weighted by Gasteiger charge is -2.34. The molecule has 0 saturated carbocycles. The number of carbonyl (C=O) groups excluding carboxylic acids is 1. The minimum atomic E-state index is -0.0816. The maximum absolute atomic E-state index is 13.3. The van der Waals surface area contributed by atoms with E-state index in [1.165, 1.54) is 5.56 Å². The summed E-state index contributed by atoms with van der Waals surface area (Å²) < 4.78 is 1.58. The van der Waals surface area contributed by atoms with E-state index in [0.717, 1.165) is 59.6 Å². The number of nitrogens with one attached hydrogen (secondary N) is 1. The average Bonchev–Trinajstić information content (AvgIpc) is 2.90. The summed E-state index contributed by atoms with van der Waals surface area (Å²) in [7, 11) is 0. The van der Waals surface area contributed by atoms with E-state index in [0.29, 0.717) is 18.6 Å². The van der Waals surface area contributed by atoms with Gasteiger partial charge in [-0.15, -0.1) is 0 Å². The van der Waals surface area contributed by atoms with Gasteiger partial charge in [-0.1, -0.05) is 66.2 Å². The Morgan fingerprint density at radius 3 is 2.11 bits per heavy atom. The van der Waals surface area contributed by atoms with Crippen molar-refractivity contribution in [3.05, 3.63) is 93.8 Å². The van der Waals surface area contributed by atoms with E-state index >= 15 is 0 Å². The highest BCUT2D eigenvalue weighted by Crippen LogP contribution is 2.25. The van der Waals surface area contributed by atoms with Gasteiger partial charge in [-0.05, 0) is 38.0 Å². The van der Waals surface area contributed by atoms with E-state index in [2.05, 4.69) is 46.3 Å². The Morgan fingerprint density at radius 2 is 1.43 bits per heavy atom. The quantitative estimate of drug-likeness (QED) is 0.434. The molecule has 1 amide bonds. The predicted molar refractivity (Wildman–Crippen MR) is 149 cm³/mol. The van der Waals surface area contributed by atoms with E-state index in [9.17, 15) is 9.59 Å². The first kappa shape index (κ1) is 24.9. The summed E-state index contributed by atoms with van der Waals surface area (Å²) in [5.74, 6) is 0.000931. The zero-order valence-corrected chi connectivity index (χ0v) is 21.7. The van der Waals surface area contributed by atoms with E-state index in [4.69, 9.17) is 5.10 Å². The average molecular weight is 496 g/mol. The monoisotopic (exact) mass is 495 g/mol. The van der Waals surface area contributed by atoms with Crippen LogP contribution in [0.15, 0.2) is 71.5 Å². The summed E-state index contributed by atoms with van der Waals surface area (Å²) in [6, 6.07) is 21.9. The number of fused-ring (bicyclic) bond motifs is 1. The molecule has 0 radical (unpaired) electrons. The van der Waals surface area contributed by atoms with Gasteiger partial charge in [0.1, 0.15) is 0 Å². The summed E-state index contributed by atoms with van der Waals surface area (Å²) in [4.78, 5) is 30.4. The van der Waals surface area contributed by atoms with Crippen molar-refractivity contribution in [1.29, 1.82) is 0 Å². The molecule has 4 aromatic rings. The fourth-order valence-electron chi connectivity index (χ4n) is 4.93. The fourth-order valence-corrected chi connectivity index (χ4v) is 4.93. The molecule has 190 valence electrons. The molecule has 1 aliphatic heterocycles. The van der Waals surface area contributed by atoms with Gasteiger partial charge in [-0.3, -0.25) is 19.4 Å². The minimum absolute atomic E-state index is 0.000931. The first-order valence-electron chi connectivity index (χ1n) is 12.8. The second-order valence-corrected chi connectivity index (χ2v) is 9.92. The molecule has 7 heteroatoms. The molecule has 1 saturated heterocycles. The van der Waals surface area contributed by atoms with Crippen LogP contribution in [0.4, 0.5) is 5.69 Å². The van der Waals surface area contributed by atoms with Gasteiger partial charge in [-0.2, -0.15) is 5.10 Å². The predicted octanol–water partition coefficient (Wildman–Crippen LogP) is 4.20. The molecule has 7 nitrogen and oxygen atoms in total. The van der Waals surface area contributed by atoms with Crippen LogP contribution in [0.2, 0.25) is 0 Å². The number of aromatic nitrogens is 2. The number of hydrogen-bond donors (Lipinski definition) is 1. The van der Waals surface area contributed by atoms with Gasteiger partial charge < -0.3 is 5.32 Å². The Morgan fingerprint density at radius 1 is 0.811 bits per heavy atom. The fraction of sp³-hybridized carbons (Fsp3) is 0.300. The van der Waals surface area contributed by atoms with Crippen LogP contribution in [0.1, 0.15) is 16.7 Å². The number of hydrogen-bond acceptors (Lipinski definition) is 5. The minimum Gasteiger partial charge on any atom is -0.324 e. The smallest absolute Gasteiger partial charge is 0.275 e. The van der Waals surface area contributed by atoms with Crippen LogP contribution in [0.25, 0.3) is 22.0 Å². The van der Waals surface area contributed by atoms with Gasteiger partial charge in [0.05, 0.1) is 24.3 Å². The van der Waals surface area contributed by atoms with E-state index < -0.39 is 0 Å². The highest BCUT2D eigenvalue weighted by Gasteiger charge is 2.21. The molecule has 5 rings (SSSR count). The Bertz CT molecular complexity index is 1460. The van der Waals surface area contributed by atoms with Crippen molar-refractivity contribution in [2.45, 2.75) is 27.4 Å². The zero-order chi connectivity index (χ0) is 25.9. The standard InChI is InChI=1S/C30H33N5O2/c1-21-11-13-24(14-12-21)29-25-9-4-5-10-26(25)30(37)35(32-29)20-34-17-15-33(16-18-34)19-27(36)31-28-22(2)7-6-8-23(28)3/h4-14H,15-20H2,1-3H3,(H,31,36). The van der Waals surface area contributed by atoms with Crippen LogP contribution < -0.4 is 10.9 Å². The Hall–Kier alpha value is -3.81. The molecule has 1 N–H and O–H groups in total. The van der Waals surface area contributed by atoms with E-state index in [-0.39, 0.29) is 11.5 Å². The van der Waals surface area contributed by atoms with Crippen molar-refractivity contribution < 1.29 is 4.79 Å². The van der Waals surface area contributed by atoms with Crippen molar-refractivity contribution in [2.24, 2.45) is 0 Å². The third-order valence-electron chi connectivity index (χ3n) is 7.10. The van der Waals surface area contributed by atoms with Crippen molar-refractivity contribution in [3.63, 3.8) is 0 Å². The van der Waals surface area contributed by atoms with E-state index in [1.807, 2.05) is 56.3 Å². The number of piperazine rings is 1. The van der Waals surface area contributed by atoms with Crippen LogP contribution >= 0.6 is 0 Å². The maximum Gasteiger partial charge on any atom is 0.275 e. The van der Waals surface area contributed by atoms with Gasteiger partial charge in [0.25, 0.3) is 5.56 Å². The normalized spacial score (nSPS) is 14.7. The SMILES string of the molecule is Cc1ccc(-c2nn(CN3CCN(CC(=O)Nc4c(C)cccc4C)CC3)c(=O)c3ccccc23)cc1. The molecule has 1 aromatic heterocycles. The van der Waals surface area contributed by atoms with Crippen LogP contribution in [-0.2, 0) is 11.5 Å². The molecule has 3 aromatic carbocycles. The number of amides is 1. The summed E-state index contributed by atoms with van der Waals surface area (Å²) in [6.07, 6.45) is 0. The maximum atomic E-state index is 13.3. The number of aryl methyl sites for hydroxylation is 3. The van der Waals surface area contributed by atoms with Crippen molar-refractivity contribution in [1.82, 2.24) is 19.6 Å². The second kappa shape index (κ2) is 10.7. The molecule has 0 atom stereocenters. The molecule has 37 heavy (non-hydrogen) atoms. The molecular formula is C30H33N5O2. The van der Waals surface area contributed by atoms with Crippen LogP contribution in [-0.4, -0.2) is 58.2 Å². The third-order valence-corrected chi connectivity index (χ3v) is 7.10. The van der Waals surface area contributed by atoms with Crippen LogP contribution in [0, 0.1) is 20.8 Å².